The zero-order valence-corrected chi connectivity index (χ0v) is 12.9. The Morgan fingerprint density at radius 3 is 2.63 bits per heavy atom. The average molecular weight is 305 g/mol. The van der Waals surface area contributed by atoms with E-state index in [2.05, 4.69) is 9.71 Å². The van der Waals surface area contributed by atoms with Crippen molar-refractivity contribution in [1.82, 2.24) is 14.0 Å². The molecule has 0 aromatic carbocycles. The Labute approximate surface area is 118 Å². The quantitative estimate of drug-likeness (QED) is 0.897. The Bertz CT molecular complexity index is 519. The molecule has 1 fully saturated rings. The highest BCUT2D eigenvalue weighted by molar-refractivity contribution is 7.87. The average Bonchev–Trinajstić information content (AvgIpc) is 2.71. The third-order valence-corrected chi connectivity index (χ3v) is 5.25. The third kappa shape index (κ3) is 3.96. The lowest BCUT2D eigenvalue weighted by atomic mass is 10.3. The molecule has 1 aliphatic heterocycles. The Balaban J connectivity index is 1.97. The number of hydrogen-bond acceptors (Lipinski definition) is 5. The van der Waals surface area contributed by atoms with E-state index in [1.165, 1.54) is 15.6 Å². The molecule has 1 aromatic heterocycles. The second kappa shape index (κ2) is 5.84. The number of hydrogen-bond donors (Lipinski definition) is 1. The molecule has 2 rings (SSSR count). The molecule has 2 atom stereocenters. The van der Waals surface area contributed by atoms with Crippen molar-refractivity contribution in [3.63, 3.8) is 0 Å². The second-order valence-corrected chi connectivity index (χ2v) is 7.48. The fourth-order valence-electron chi connectivity index (χ4n) is 2.06. The van der Waals surface area contributed by atoms with Gasteiger partial charge in [0.15, 0.2) is 0 Å². The molecular formula is C11H19N3O3S2. The number of aromatic nitrogens is 1. The fourth-order valence-corrected chi connectivity index (χ4v) is 4.17. The van der Waals surface area contributed by atoms with E-state index in [1.807, 2.05) is 26.2 Å². The van der Waals surface area contributed by atoms with Gasteiger partial charge in [-0.05, 0) is 20.8 Å². The molecular weight excluding hydrogens is 286 g/mol. The van der Waals surface area contributed by atoms with Gasteiger partial charge in [0.05, 0.1) is 18.8 Å². The highest BCUT2D eigenvalue weighted by Crippen LogP contribution is 2.14. The van der Waals surface area contributed by atoms with Crippen molar-refractivity contribution in [3.05, 3.63) is 16.1 Å². The van der Waals surface area contributed by atoms with Crippen LogP contribution in [0.25, 0.3) is 0 Å². The highest BCUT2D eigenvalue weighted by atomic mass is 32.2. The molecule has 0 radical (unpaired) electrons. The van der Waals surface area contributed by atoms with E-state index in [1.54, 1.807) is 0 Å². The van der Waals surface area contributed by atoms with E-state index < -0.39 is 10.2 Å². The predicted octanol–water partition coefficient (Wildman–Crippen LogP) is 0.895. The minimum atomic E-state index is -3.47. The first kappa shape index (κ1) is 14.9. The molecule has 6 nitrogen and oxygen atoms in total. The van der Waals surface area contributed by atoms with Crippen LogP contribution in [0.3, 0.4) is 0 Å². The van der Waals surface area contributed by atoms with Crippen LogP contribution in [0.5, 0.6) is 0 Å². The summed E-state index contributed by atoms with van der Waals surface area (Å²) in [4.78, 5) is 4.24. The lowest BCUT2D eigenvalue weighted by Gasteiger charge is -2.34. The first-order valence-corrected chi connectivity index (χ1v) is 8.50. The van der Waals surface area contributed by atoms with Crippen LogP contribution >= 0.6 is 11.3 Å². The van der Waals surface area contributed by atoms with Crippen molar-refractivity contribution in [2.45, 2.75) is 39.5 Å². The summed E-state index contributed by atoms with van der Waals surface area (Å²) >= 11 is 1.46. The SMILES string of the molecule is Cc1csc(CNS(=O)(=O)N2CC(C)OC(C)C2)n1. The zero-order valence-electron chi connectivity index (χ0n) is 11.3. The fraction of sp³-hybridized carbons (Fsp3) is 0.727. The molecule has 0 bridgehead atoms. The Kier molecular flexibility index (Phi) is 4.57. The highest BCUT2D eigenvalue weighted by Gasteiger charge is 2.30. The molecule has 1 aromatic rings. The molecule has 0 spiro atoms. The van der Waals surface area contributed by atoms with E-state index in [0.29, 0.717) is 13.1 Å². The van der Waals surface area contributed by atoms with E-state index in [-0.39, 0.29) is 18.8 Å². The first-order chi connectivity index (χ1) is 8.87. The molecule has 0 amide bonds. The minimum absolute atomic E-state index is 0.0811. The zero-order chi connectivity index (χ0) is 14.0. The van der Waals surface area contributed by atoms with Crippen LogP contribution in [-0.4, -0.2) is 43.0 Å². The van der Waals surface area contributed by atoms with E-state index in [4.69, 9.17) is 4.74 Å². The van der Waals surface area contributed by atoms with Gasteiger partial charge in [-0.1, -0.05) is 0 Å². The van der Waals surface area contributed by atoms with Gasteiger partial charge in [-0.2, -0.15) is 17.4 Å². The van der Waals surface area contributed by atoms with Crippen molar-refractivity contribution in [2.75, 3.05) is 13.1 Å². The lowest BCUT2D eigenvalue weighted by Crippen LogP contribution is -2.51. The van der Waals surface area contributed by atoms with Crippen molar-refractivity contribution in [3.8, 4) is 0 Å². The summed E-state index contributed by atoms with van der Waals surface area (Å²) in [5.74, 6) is 0. The normalized spacial score (nSPS) is 25.6. The number of nitrogens with zero attached hydrogens (tertiary/aromatic N) is 2. The van der Waals surface area contributed by atoms with Crippen LogP contribution in [-0.2, 0) is 21.5 Å². The molecule has 1 saturated heterocycles. The third-order valence-electron chi connectivity index (χ3n) is 2.80. The standard InChI is InChI=1S/C11H19N3O3S2/c1-8-7-18-11(13-8)4-12-19(15,16)14-5-9(2)17-10(3)6-14/h7,9-10,12H,4-6H2,1-3H3. The largest absolute Gasteiger partial charge is 0.373 e. The van der Waals surface area contributed by atoms with Crippen molar-refractivity contribution in [2.24, 2.45) is 0 Å². The van der Waals surface area contributed by atoms with Crippen LogP contribution in [0.4, 0.5) is 0 Å². The maximum absolute atomic E-state index is 12.2. The molecule has 8 heteroatoms. The summed E-state index contributed by atoms with van der Waals surface area (Å²) in [6.45, 7) is 6.65. The van der Waals surface area contributed by atoms with Gasteiger partial charge in [0.25, 0.3) is 10.2 Å². The van der Waals surface area contributed by atoms with Gasteiger partial charge in [0.2, 0.25) is 0 Å². The summed E-state index contributed by atoms with van der Waals surface area (Å²) in [7, 11) is -3.47. The van der Waals surface area contributed by atoms with Gasteiger partial charge in [-0.3, -0.25) is 0 Å². The van der Waals surface area contributed by atoms with Gasteiger partial charge < -0.3 is 4.74 Å². The van der Waals surface area contributed by atoms with Crippen molar-refractivity contribution >= 4 is 21.5 Å². The van der Waals surface area contributed by atoms with Crippen molar-refractivity contribution in [1.29, 1.82) is 0 Å². The molecule has 0 saturated carbocycles. The lowest BCUT2D eigenvalue weighted by molar-refractivity contribution is -0.0444. The number of thiazole rings is 1. The van der Waals surface area contributed by atoms with Crippen LogP contribution in [0.1, 0.15) is 24.5 Å². The Morgan fingerprint density at radius 2 is 2.11 bits per heavy atom. The molecule has 108 valence electrons. The Hall–Kier alpha value is -0.540. The monoisotopic (exact) mass is 305 g/mol. The topological polar surface area (TPSA) is 71.5 Å². The smallest absolute Gasteiger partial charge is 0.280 e. The summed E-state index contributed by atoms with van der Waals surface area (Å²) < 4.78 is 33.9. The van der Waals surface area contributed by atoms with E-state index in [9.17, 15) is 8.42 Å². The molecule has 1 aliphatic rings. The molecule has 2 heterocycles. The van der Waals surface area contributed by atoms with Gasteiger partial charge in [0.1, 0.15) is 5.01 Å². The number of morpholine rings is 1. The van der Waals surface area contributed by atoms with Crippen molar-refractivity contribution < 1.29 is 13.2 Å². The summed E-state index contributed by atoms with van der Waals surface area (Å²) in [6, 6.07) is 0. The van der Waals surface area contributed by atoms with Gasteiger partial charge in [-0.25, -0.2) is 4.98 Å². The summed E-state index contributed by atoms with van der Waals surface area (Å²) in [5, 5.41) is 2.68. The van der Waals surface area contributed by atoms with Crippen LogP contribution < -0.4 is 4.72 Å². The maximum atomic E-state index is 12.2. The number of rotatable bonds is 4. The predicted molar refractivity (Wildman–Crippen MR) is 74.2 cm³/mol. The van der Waals surface area contributed by atoms with Crippen LogP contribution in [0, 0.1) is 6.92 Å². The van der Waals surface area contributed by atoms with E-state index in [0.717, 1.165) is 10.7 Å². The molecule has 2 unspecified atom stereocenters. The second-order valence-electron chi connectivity index (χ2n) is 4.78. The van der Waals surface area contributed by atoms with Crippen LogP contribution in [0.2, 0.25) is 0 Å². The molecule has 19 heavy (non-hydrogen) atoms. The van der Waals surface area contributed by atoms with Gasteiger partial charge in [-0.15, -0.1) is 11.3 Å². The number of ether oxygens (including phenoxy) is 1. The van der Waals surface area contributed by atoms with Crippen LogP contribution in [0.15, 0.2) is 5.38 Å². The first-order valence-electron chi connectivity index (χ1n) is 6.18. The summed E-state index contributed by atoms with van der Waals surface area (Å²) in [6.07, 6.45) is -0.162. The number of nitrogens with one attached hydrogen (secondary N) is 1. The minimum Gasteiger partial charge on any atom is -0.373 e. The summed E-state index contributed by atoms with van der Waals surface area (Å²) in [5.41, 5.74) is 0.910. The van der Waals surface area contributed by atoms with Gasteiger partial charge >= 0.3 is 0 Å². The molecule has 0 aliphatic carbocycles. The Morgan fingerprint density at radius 1 is 1.47 bits per heavy atom. The maximum Gasteiger partial charge on any atom is 0.280 e. The molecule has 1 N–H and O–H groups in total. The van der Waals surface area contributed by atoms with E-state index >= 15 is 0 Å². The van der Waals surface area contributed by atoms with Gasteiger partial charge in [0, 0.05) is 24.2 Å². The number of aryl methyl sites for hydroxylation is 1.